The van der Waals surface area contributed by atoms with Crippen molar-refractivity contribution in [3.05, 3.63) is 47.8 Å². The van der Waals surface area contributed by atoms with E-state index in [9.17, 15) is 0 Å². The molecular weight excluding hydrogens is 210 g/mol. The van der Waals surface area contributed by atoms with Gasteiger partial charge in [0.25, 0.3) is 0 Å². The summed E-state index contributed by atoms with van der Waals surface area (Å²) in [5.41, 5.74) is 2.33. The van der Waals surface area contributed by atoms with Gasteiger partial charge in [-0.1, -0.05) is 44.2 Å². The normalized spacial score (nSPS) is 10.2. The van der Waals surface area contributed by atoms with E-state index in [0.29, 0.717) is 11.4 Å². The Morgan fingerprint density at radius 3 is 2.47 bits per heavy atom. The van der Waals surface area contributed by atoms with Crippen LogP contribution in [0.2, 0.25) is 0 Å². The Labute approximate surface area is 101 Å². The molecule has 0 fully saturated rings. The van der Waals surface area contributed by atoms with Crippen molar-refractivity contribution in [2.75, 3.05) is 0 Å². The Bertz CT molecular complexity index is 553. The second kappa shape index (κ2) is 4.75. The van der Waals surface area contributed by atoms with Crippen LogP contribution in [0.3, 0.4) is 0 Å². The zero-order chi connectivity index (χ0) is 12.3. The third kappa shape index (κ3) is 2.31. The van der Waals surface area contributed by atoms with Gasteiger partial charge in [0.1, 0.15) is 6.07 Å². The molecule has 3 nitrogen and oxygen atoms in total. The lowest BCUT2D eigenvalue weighted by molar-refractivity contribution is 0.811. The fraction of sp³-hybridized carbons (Fsp3) is 0.214. The molecule has 3 heteroatoms. The number of hydrogen-bond acceptors (Lipinski definition) is 3. The summed E-state index contributed by atoms with van der Waals surface area (Å²) < 4.78 is 0. The summed E-state index contributed by atoms with van der Waals surface area (Å²) in [4.78, 5) is 8.71. The van der Waals surface area contributed by atoms with Crippen molar-refractivity contribution in [3.8, 4) is 17.5 Å². The first kappa shape index (κ1) is 11.3. The van der Waals surface area contributed by atoms with Crippen LogP contribution >= 0.6 is 0 Å². The third-order valence-corrected chi connectivity index (χ3v) is 2.52. The molecule has 1 heterocycles. The second-order valence-corrected chi connectivity index (χ2v) is 4.13. The number of hydrogen-bond donors (Lipinski definition) is 0. The summed E-state index contributed by atoms with van der Waals surface area (Å²) in [7, 11) is 0. The first-order valence-corrected chi connectivity index (χ1v) is 5.55. The smallest absolute Gasteiger partial charge is 0.159 e. The molecule has 0 aliphatic heterocycles. The molecule has 0 saturated carbocycles. The van der Waals surface area contributed by atoms with Crippen LogP contribution in [0.15, 0.2) is 36.5 Å². The Morgan fingerprint density at radius 1 is 1.18 bits per heavy atom. The lowest BCUT2D eigenvalue weighted by atomic mass is 10.1. The third-order valence-electron chi connectivity index (χ3n) is 2.52. The molecule has 84 valence electrons. The van der Waals surface area contributed by atoms with Crippen molar-refractivity contribution in [2.24, 2.45) is 0 Å². The first-order valence-electron chi connectivity index (χ1n) is 5.55. The topological polar surface area (TPSA) is 49.6 Å². The highest BCUT2D eigenvalue weighted by molar-refractivity contribution is 5.55. The van der Waals surface area contributed by atoms with Crippen LogP contribution in [-0.2, 0) is 0 Å². The molecule has 0 unspecified atom stereocenters. The van der Waals surface area contributed by atoms with Crippen LogP contribution in [0.4, 0.5) is 0 Å². The molecule has 0 bridgehead atoms. The Hall–Kier alpha value is -2.21. The van der Waals surface area contributed by atoms with E-state index in [2.05, 4.69) is 16.0 Å². The number of rotatable bonds is 2. The molecule has 2 rings (SSSR count). The predicted octanol–water partition coefficient (Wildman–Crippen LogP) is 3.14. The van der Waals surface area contributed by atoms with Gasteiger partial charge in [-0.3, -0.25) is 0 Å². The van der Waals surface area contributed by atoms with Crippen molar-refractivity contribution in [3.63, 3.8) is 0 Å². The minimum absolute atomic E-state index is 0.218. The molecule has 0 aliphatic carbocycles. The molecule has 0 saturated heterocycles. The van der Waals surface area contributed by atoms with Gasteiger partial charge in [-0.25, -0.2) is 9.97 Å². The van der Waals surface area contributed by atoms with Crippen molar-refractivity contribution in [1.82, 2.24) is 9.97 Å². The average Bonchev–Trinajstić information content (AvgIpc) is 2.39. The van der Waals surface area contributed by atoms with Crippen LogP contribution in [0.25, 0.3) is 11.4 Å². The quantitative estimate of drug-likeness (QED) is 0.785. The zero-order valence-corrected chi connectivity index (χ0v) is 9.88. The van der Waals surface area contributed by atoms with Crippen molar-refractivity contribution < 1.29 is 0 Å². The average molecular weight is 223 g/mol. The van der Waals surface area contributed by atoms with Gasteiger partial charge in [0.05, 0.1) is 11.3 Å². The van der Waals surface area contributed by atoms with Gasteiger partial charge < -0.3 is 0 Å². The molecule has 17 heavy (non-hydrogen) atoms. The molecule has 0 amide bonds. The van der Waals surface area contributed by atoms with E-state index < -0.39 is 0 Å². The number of nitriles is 1. The maximum absolute atomic E-state index is 9.00. The van der Waals surface area contributed by atoms with Gasteiger partial charge >= 0.3 is 0 Å². The molecular formula is C14H13N3. The first-order chi connectivity index (χ1) is 8.22. The molecule has 1 aromatic heterocycles. The van der Waals surface area contributed by atoms with E-state index in [1.165, 1.54) is 0 Å². The fourth-order valence-electron chi connectivity index (χ4n) is 1.65. The van der Waals surface area contributed by atoms with Gasteiger partial charge in [-0.2, -0.15) is 5.26 Å². The van der Waals surface area contributed by atoms with E-state index in [1.54, 1.807) is 6.20 Å². The standard InChI is InChI=1S/C14H13N3/c1-10(2)13-12(8-15)9-16-14(17-13)11-6-4-3-5-7-11/h3-7,9-10H,1-2H3. The molecule has 0 aliphatic rings. The molecule has 0 radical (unpaired) electrons. The second-order valence-electron chi connectivity index (χ2n) is 4.13. The summed E-state index contributed by atoms with van der Waals surface area (Å²) in [6.07, 6.45) is 1.60. The minimum Gasteiger partial charge on any atom is -0.235 e. The summed E-state index contributed by atoms with van der Waals surface area (Å²) in [6, 6.07) is 11.9. The Kier molecular flexibility index (Phi) is 3.15. The highest BCUT2D eigenvalue weighted by Gasteiger charge is 2.11. The molecule has 1 aromatic carbocycles. The maximum atomic E-state index is 9.00. The van der Waals surface area contributed by atoms with Gasteiger partial charge in [0, 0.05) is 11.8 Å². The zero-order valence-electron chi connectivity index (χ0n) is 9.88. The number of benzene rings is 1. The van der Waals surface area contributed by atoms with E-state index >= 15 is 0 Å². The van der Waals surface area contributed by atoms with Gasteiger partial charge in [-0.15, -0.1) is 0 Å². The lowest BCUT2D eigenvalue weighted by Crippen LogP contribution is -2.01. The van der Waals surface area contributed by atoms with E-state index in [4.69, 9.17) is 5.26 Å². The molecule has 0 spiro atoms. The Morgan fingerprint density at radius 2 is 1.88 bits per heavy atom. The number of aromatic nitrogens is 2. The highest BCUT2D eigenvalue weighted by Crippen LogP contribution is 2.20. The molecule has 0 atom stereocenters. The van der Waals surface area contributed by atoms with E-state index in [1.807, 2.05) is 44.2 Å². The lowest BCUT2D eigenvalue weighted by Gasteiger charge is -2.08. The van der Waals surface area contributed by atoms with E-state index in [-0.39, 0.29) is 5.92 Å². The highest BCUT2D eigenvalue weighted by atomic mass is 14.9. The van der Waals surface area contributed by atoms with Crippen LogP contribution in [-0.4, -0.2) is 9.97 Å². The summed E-state index contributed by atoms with van der Waals surface area (Å²) in [5.74, 6) is 0.892. The van der Waals surface area contributed by atoms with Gasteiger partial charge in [-0.05, 0) is 5.92 Å². The Balaban J connectivity index is 2.53. The summed E-state index contributed by atoms with van der Waals surface area (Å²) in [6.45, 7) is 4.05. The maximum Gasteiger partial charge on any atom is 0.159 e. The predicted molar refractivity (Wildman–Crippen MR) is 66.3 cm³/mol. The SMILES string of the molecule is CC(C)c1nc(-c2ccccc2)ncc1C#N. The van der Waals surface area contributed by atoms with Crippen LogP contribution < -0.4 is 0 Å². The van der Waals surface area contributed by atoms with Crippen molar-refractivity contribution in [2.45, 2.75) is 19.8 Å². The van der Waals surface area contributed by atoms with Crippen LogP contribution in [0.5, 0.6) is 0 Å². The van der Waals surface area contributed by atoms with Crippen LogP contribution in [0, 0.1) is 11.3 Å². The van der Waals surface area contributed by atoms with Gasteiger partial charge in [0.2, 0.25) is 0 Å². The van der Waals surface area contributed by atoms with Gasteiger partial charge in [0.15, 0.2) is 5.82 Å². The fourth-order valence-corrected chi connectivity index (χ4v) is 1.65. The molecule has 2 aromatic rings. The van der Waals surface area contributed by atoms with Crippen LogP contribution in [0.1, 0.15) is 31.0 Å². The number of nitrogens with zero attached hydrogens (tertiary/aromatic N) is 3. The van der Waals surface area contributed by atoms with Crippen molar-refractivity contribution in [1.29, 1.82) is 5.26 Å². The summed E-state index contributed by atoms with van der Waals surface area (Å²) >= 11 is 0. The molecule has 0 N–H and O–H groups in total. The minimum atomic E-state index is 0.218. The largest absolute Gasteiger partial charge is 0.235 e. The van der Waals surface area contributed by atoms with Crippen molar-refractivity contribution >= 4 is 0 Å². The van der Waals surface area contributed by atoms with E-state index in [0.717, 1.165) is 11.3 Å². The summed E-state index contributed by atoms with van der Waals surface area (Å²) in [5, 5.41) is 9.00. The monoisotopic (exact) mass is 223 g/mol.